The minimum atomic E-state index is -0.306. The van der Waals surface area contributed by atoms with Gasteiger partial charge in [-0.05, 0) is 44.5 Å². The van der Waals surface area contributed by atoms with Crippen LogP contribution >= 0.6 is 11.6 Å². The molecule has 1 aromatic carbocycles. The quantitative estimate of drug-likeness (QED) is 0.866. The van der Waals surface area contributed by atoms with E-state index in [1.165, 1.54) is 12.8 Å². The maximum atomic E-state index is 12.1. The molecule has 128 valence electrons. The van der Waals surface area contributed by atoms with Crippen LogP contribution in [0.1, 0.15) is 30.2 Å². The monoisotopic (exact) mass is 348 g/mol. The molecule has 0 unspecified atom stereocenters. The van der Waals surface area contributed by atoms with E-state index in [0.717, 1.165) is 23.7 Å². The minimum Gasteiger partial charge on any atom is -0.360 e. The molecule has 1 atom stereocenters. The summed E-state index contributed by atoms with van der Waals surface area (Å²) in [5.41, 5.74) is 1.04. The summed E-state index contributed by atoms with van der Waals surface area (Å²) < 4.78 is 4.94. The normalized spacial score (nSPS) is 16.1. The van der Waals surface area contributed by atoms with Crippen LogP contribution < -0.4 is 10.6 Å². The van der Waals surface area contributed by atoms with E-state index in [-0.39, 0.29) is 12.1 Å². The lowest BCUT2D eigenvalue weighted by Gasteiger charge is -2.28. The summed E-state index contributed by atoms with van der Waals surface area (Å²) in [6, 6.07) is 9.23. The summed E-state index contributed by atoms with van der Waals surface area (Å²) in [7, 11) is 0. The summed E-state index contributed by atoms with van der Waals surface area (Å²) in [6.07, 6.45) is 2.34. The van der Waals surface area contributed by atoms with Crippen molar-refractivity contribution in [2.24, 2.45) is 0 Å². The highest BCUT2D eigenvalue weighted by atomic mass is 35.5. The number of benzene rings is 1. The molecule has 2 heterocycles. The van der Waals surface area contributed by atoms with Gasteiger partial charge in [0.2, 0.25) is 0 Å². The fourth-order valence-corrected chi connectivity index (χ4v) is 3.27. The number of likely N-dealkylation sites (tertiary alicyclic amines) is 1. The molecule has 0 bridgehead atoms. The number of aromatic nitrogens is 1. The molecule has 1 fully saturated rings. The van der Waals surface area contributed by atoms with Crippen LogP contribution in [-0.4, -0.2) is 35.7 Å². The van der Waals surface area contributed by atoms with Crippen molar-refractivity contribution in [2.45, 2.75) is 25.8 Å². The van der Waals surface area contributed by atoms with Gasteiger partial charge in [-0.3, -0.25) is 10.2 Å². The van der Waals surface area contributed by atoms with Crippen molar-refractivity contribution in [3.8, 4) is 0 Å². The molecule has 1 aliphatic rings. The van der Waals surface area contributed by atoms with Crippen LogP contribution in [0.4, 0.5) is 10.6 Å². The number of halogens is 1. The number of nitrogens with one attached hydrogen (secondary N) is 2. The van der Waals surface area contributed by atoms with Gasteiger partial charge in [-0.1, -0.05) is 35.0 Å². The highest BCUT2D eigenvalue weighted by Gasteiger charge is 2.25. The van der Waals surface area contributed by atoms with Crippen LogP contribution in [0.5, 0.6) is 0 Å². The Kier molecular flexibility index (Phi) is 5.37. The second-order valence-electron chi connectivity index (χ2n) is 5.94. The highest BCUT2D eigenvalue weighted by molar-refractivity contribution is 6.31. The predicted molar refractivity (Wildman–Crippen MR) is 93.3 cm³/mol. The van der Waals surface area contributed by atoms with Crippen molar-refractivity contribution in [2.75, 3.05) is 25.0 Å². The molecule has 0 aliphatic carbocycles. The Labute approximate surface area is 146 Å². The van der Waals surface area contributed by atoms with Gasteiger partial charge in [-0.25, -0.2) is 4.79 Å². The van der Waals surface area contributed by atoms with Gasteiger partial charge in [0.15, 0.2) is 5.82 Å². The van der Waals surface area contributed by atoms with Gasteiger partial charge in [0, 0.05) is 17.6 Å². The number of carbonyl (C=O) groups is 1. The zero-order valence-electron chi connectivity index (χ0n) is 13.6. The van der Waals surface area contributed by atoms with Crippen LogP contribution in [-0.2, 0) is 0 Å². The fourth-order valence-electron chi connectivity index (χ4n) is 3.01. The van der Waals surface area contributed by atoms with Crippen LogP contribution in [0.15, 0.2) is 34.9 Å². The third-order valence-corrected chi connectivity index (χ3v) is 4.52. The molecule has 2 N–H and O–H groups in total. The number of amides is 2. The Bertz CT molecular complexity index is 697. The lowest BCUT2D eigenvalue weighted by molar-refractivity contribution is 0.227. The third kappa shape index (κ3) is 4.07. The standard InChI is InChI=1S/C17H21ClN4O2/c1-12-10-16(21-24-12)20-17(23)19-11-15(22-8-4-5-9-22)13-6-2-3-7-14(13)18/h2-3,6-7,10,15H,4-5,8-9,11H2,1H3,(H2,19,20,21,23)/t15-/m0/s1. The number of hydrogen-bond acceptors (Lipinski definition) is 4. The number of hydrogen-bond donors (Lipinski definition) is 2. The average molecular weight is 349 g/mol. The van der Waals surface area contributed by atoms with E-state index in [2.05, 4.69) is 20.7 Å². The first-order chi connectivity index (χ1) is 11.6. The van der Waals surface area contributed by atoms with Crippen molar-refractivity contribution in [3.63, 3.8) is 0 Å². The molecule has 3 rings (SSSR count). The second kappa shape index (κ2) is 7.68. The van der Waals surface area contributed by atoms with E-state index < -0.39 is 0 Å². The molecule has 0 saturated carbocycles. The van der Waals surface area contributed by atoms with Crippen molar-refractivity contribution >= 4 is 23.4 Å². The number of anilines is 1. The summed E-state index contributed by atoms with van der Waals surface area (Å²) in [4.78, 5) is 14.5. The van der Waals surface area contributed by atoms with Crippen LogP contribution in [0, 0.1) is 6.92 Å². The van der Waals surface area contributed by atoms with E-state index in [0.29, 0.717) is 18.1 Å². The number of nitrogens with zero attached hydrogens (tertiary/aromatic N) is 2. The van der Waals surface area contributed by atoms with Crippen molar-refractivity contribution in [3.05, 3.63) is 46.7 Å². The summed E-state index contributed by atoms with van der Waals surface area (Å²) in [5.74, 6) is 1.05. The van der Waals surface area contributed by atoms with E-state index in [4.69, 9.17) is 16.1 Å². The summed E-state index contributed by atoms with van der Waals surface area (Å²) in [5, 5.41) is 10.1. The maximum absolute atomic E-state index is 12.1. The Hall–Kier alpha value is -2.05. The van der Waals surface area contributed by atoms with Gasteiger partial charge in [-0.2, -0.15) is 0 Å². The molecule has 6 nitrogen and oxygen atoms in total. The van der Waals surface area contributed by atoms with Gasteiger partial charge in [0.1, 0.15) is 5.76 Å². The Morgan fingerprint density at radius 3 is 2.79 bits per heavy atom. The van der Waals surface area contributed by atoms with Gasteiger partial charge in [-0.15, -0.1) is 0 Å². The number of rotatable bonds is 5. The number of urea groups is 1. The van der Waals surface area contributed by atoms with Crippen LogP contribution in [0.2, 0.25) is 5.02 Å². The summed E-state index contributed by atoms with van der Waals surface area (Å²) in [6.45, 7) is 4.28. The molecule has 24 heavy (non-hydrogen) atoms. The number of aryl methyl sites for hydroxylation is 1. The largest absolute Gasteiger partial charge is 0.360 e. The zero-order chi connectivity index (χ0) is 16.9. The van der Waals surface area contributed by atoms with Gasteiger partial charge >= 0.3 is 6.03 Å². The maximum Gasteiger partial charge on any atom is 0.320 e. The smallest absolute Gasteiger partial charge is 0.320 e. The average Bonchev–Trinajstić information content (AvgIpc) is 3.21. The molecule has 1 aromatic heterocycles. The molecule has 2 amide bonds. The molecule has 0 radical (unpaired) electrons. The lowest BCUT2D eigenvalue weighted by atomic mass is 10.1. The van der Waals surface area contributed by atoms with Gasteiger partial charge in [0.25, 0.3) is 0 Å². The van der Waals surface area contributed by atoms with Gasteiger partial charge in [0.05, 0.1) is 6.04 Å². The van der Waals surface area contributed by atoms with Crippen molar-refractivity contribution in [1.82, 2.24) is 15.4 Å². The van der Waals surface area contributed by atoms with E-state index in [1.807, 2.05) is 24.3 Å². The predicted octanol–water partition coefficient (Wildman–Crippen LogP) is 3.60. The van der Waals surface area contributed by atoms with Crippen LogP contribution in [0.3, 0.4) is 0 Å². The first kappa shape index (κ1) is 16.8. The second-order valence-corrected chi connectivity index (χ2v) is 6.35. The molecule has 1 aliphatic heterocycles. The van der Waals surface area contributed by atoms with E-state index >= 15 is 0 Å². The minimum absolute atomic E-state index is 0.0611. The first-order valence-corrected chi connectivity index (χ1v) is 8.48. The number of carbonyl (C=O) groups excluding carboxylic acids is 1. The summed E-state index contributed by atoms with van der Waals surface area (Å²) >= 11 is 6.37. The Balaban J connectivity index is 1.65. The van der Waals surface area contributed by atoms with Crippen LogP contribution in [0.25, 0.3) is 0 Å². The topological polar surface area (TPSA) is 70.4 Å². The third-order valence-electron chi connectivity index (χ3n) is 4.17. The van der Waals surface area contributed by atoms with E-state index in [9.17, 15) is 4.79 Å². The zero-order valence-corrected chi connectivity index (χ0v) is 14.3. The van der Waals surface area contributed by atoms with E-state index in [1.54, 1.807) is 13.0 Å². The fraction of sp³-hybridized carbons (Fsp3) is 0.412. The highest BCUT2D eigenvalue weighted by Crippen LogP contribution is 2.29. The molecular formula is C17H21ClN4O2. The molecule has 1 saturated heterocycles. The molecular weight excluding hydrogens is 328 g/mol. The van der Waals surface area contributed by atoms with Crippen molar-refractivity contribution < 1.29 is 9.32 Å². The van der Waals surface area contributed by atoms with Crippen molar-refractivity contribution in [1.29, 1.82) is 0 Å². The first-order valence-electron chi connectivity index (χ1n) is 8.10. The molecule has 7 heteroatoms. The van der Waals surface area contributed by atoms with Gasteiger partial charge < -0.3 is 9.84 Å². The Morgan fingerprint density at radius 2 is 2.12 bits per heavy atom. The molecule has 2 aromatic rings. The lowest BCUT2D eigenvalue weighted by Crippen LogP contribution is -2.38. The SMILES string of the molecule is Cc1cc(NC(=O)NC[C@@H](c2ccccc2Cl)N2CCCC2)no1. The Morgan fingerprint density at radius 1 is 1.38 bits per heavy atom. The molecule has 0 spiro atoms.